The molecule has 0 aliphatic heterocycles. The van der Waals surface area contributed by atoms with Gasteiger partial charge < -0.3 is 4.74 Å². The van der Waals surface area contributed by atoms with Crippen molar-refractivity contribution in [1.82, 2.24) is 5.43 Å². The number of hydrogen-bond donors (Lipinski definition) is 1. The van der Waals surface area contributed by atoms with Crippen LogP contribution in [-0.4, -0.2) is 18.2 Å². The molecule has 0 saturated heterocycles. The third-order valence-corrected chi connectivity index (χ3v) is 4.74. The summed E-state index contributed by atoms with van der Waals surface area (Å²) in [6.07, 6.45) is 0. The normalized spacial score (nSPS) is 12.2. The van der Waals surface area contributed by atoms with Gasteiger partial charge in [0, 0.05) is 0 Å². The van der Waals surface area contributed by atoms with E-state index >= 15 is 0 Å². The molecule has 2 aromatic rings. The molecule has 28 heavy (non-hydrogen) atoms. The molecular weight excluding hydrogens is 348 g/mol. The van der Waals surface area contributed by atoms with Gasteiger partial charge in [-0.2, -0.15) is 5.10 Å². The molecule has 1 N–H and O–H groups in total. The van der Waals surface area contributed by atoms with Gasteiger partial charge in [0.1, 0.15) is 5.75 Å². The Labute approximate surface area is 169 Å². The van der Waals surface area contributed by atoms with Crippen LogP contribution in [0.2, 0.25) is 0 Å². The zero-order valence-electron chi connectivity index (χ0n) is 18.1. The summed E-state index contributed by atoms with van der Waals surface area (Å²) in [6.45, 7) is 14.6. The molecule has 0 saturated carbocycles. The average molecular weight is 381 g/mol. The number of nitrogens with zero attached hydrogens (tertiary/aromatic N) is 1. The first-order chi connectivity index (χ1) is 13.1. The first kappa shape index (κ1) is 21.7. The van der Waals surface area contributed by atoms with Crippen molar-refractivity contribution >= 4 is 11.6 Å². The Balaban J connectivity index is 1.92. The maximum atomic E-state index is 12.1. The Morgan fingerprint density at radius 1 is 1.11 bits per heavy atom. The number of nitrogens with one attached hydrogen (secondary N) is 1. The van der Waals surface area contributed by atoms with Crippen LogP contribution in [0.25, 0.3) is 0 Å². The minimum absolute atomic E-state index is 0.0707. The summed E-state index contributed by atoms with van der Waals surface area (Å²) in [5, 5.41) is 4.19. The largest absolute Gasteiger partial charge is 0.483 e. The predicted octanol–water partition coefficient (Wildman–Crippen LogP) is 5.34. The third-order valence-electron chi connectivity index (χ3n) is 4.74. The van der Waals surface area contributed by atoms with Gasteiger partial charge in [-0.25, -0.2) is 5.43 Å². The van der Waals surface area contributed by atoms with Crippen LogP contribution < -0.4 is 10.2 Å². The Hall–Kier alpha value is -2.62. The summed E-state index contributed by atoms with van der Waals surface area (Å²) >= 11 is 0. The number of rotatable bonds is 6. The lowest BCUT2D eigenvalue weighted by atomic mass is 9.86. The lowest BCUT2D eigenvalue weighted by Gasteiger charge is -2.20. The molecule has 0 aromatic heterocycles. The molecular formula is C24H32N2O2. The van der Waals surface area contributed by atoms with Gasteiger partial charge in [0.15, 0.2) is 6.61 Å². The number of carbonyl (C=O) groups excluding carboxylic acids is 1. The second kappa shape index (κ2) is 9.05. The van der Waals surface area contributed by atoms with Gasteiger partial charge in [0.05, 0.1) is 5.71 Å². The van der Waals surface area contributed by atoms with Crippen molar-refractivity contribution in [3.8, 4) is 5.75 Å². The topological polar surface area (TPSA) is 50.7 Å². The van der Waals surface area contributed by atoms with Gasteiger partial charge >= 0.3 is 0 Å². The van der Waals surface area contributed by atoms with E-state index in [0.717, 1.165) is 16.8 Å². The van der Waals surface area contributed by atoms with Gasteiger partial charge in [-0.05, 0) is 53.5 Å². The molecule has 0 bridgehead atoms. The maximum absolute atomic E-state index is 12.1. The van der Waals surface area contributed by atoms with Crippen molar-refractivity contribution in [3.63, 3.8) is 0 Å². The SMILES string of the molecule is C/C(=N\NC(=O)COc1ccc(C(C)(C)C)cc1C)c1ccc(C(C)C)cc1. The third kappa shape index (κ3) is 5.95. The molecule has 0 unspecified atom stereocenters. The van der Waals surface area contributed by atoms with Crippen LogP contribution in [-0.2, 0) is 10.2 Å². The average Bonchev–Trinajstić information content (AvgIpc) is 2.64. The van der Waals surface area contributed by atoms with Crippen LogP contribution in [0, 0.1) is 6.92 Å². The van der Waals surface area contributed by atoms with Gasteiger partial charge in [-0.3, -0.25) is 4.79 Å². The smallest absolute Gasteiger partial charge is 0.277 e. The Morgan fingerprint density at radius 3 is 2.29 bits per heavy atom. The molecule has 0 radical (unpaired) electrons. The van der Waals surface area contributed by atoms with E-state index in [0.29, 0.717) is 11.7 Å². The van der Waals surface area contributed by atoms with Crippen LogP contribution in [0.3, 0.4) is 0 Å². The van der Waals surface area contributed by atoms with E-state index in [9.17, 15) is 4.79 Å². The predicted molar refractivity (Wildman–Crippen MR) is 116 cm³/mol. The Bertz CT molecular complexity index is 844. The van der Waals surface area contributed by atoms with Crippen molar-refractivity contribution in [3.05, 3.63) is 64.7 Å². The summed E-state index contributed by atoms with van der Waals surface area (Å²) in [4.78, 5) is 12.1. The summed E-state index contributed by atoms with van der Waals surface area (Å²) in [5.74, 6) is 0.926. The first-order valence-electron chi connectivity index (χ1n) is 9.75. The van der Waals surface area contributed by atoms with Gasteiger partial charge in [-0.1, -0.05) is 71.0 Å². The Kier molecular flexibility index (Phi) is 7.00. The number of amides is 1. The second-order valence-electron chi connectivity index (χ2n) is 8.53. The molecule has 0 aliphatic rings. The summed E-state index contributed by atoms with van der Waals surface area (Å²) in [5.41, 5.74) is 7.93. The van der Waals surface area contributed by atoms with E-state index in [2.05, 4.69) is 63.3 Å². The number of aryl methyl sites for hydroxylation is 1. The fraction of sp³-hybridized carbons (Fsp3) is 0.417. The number of hydrogen-bond acceptors (Lipinski definition) is 3. The molecule has 150 valence electrons. The fourth-order valence-corrected chi connectivity index (χ4v) is 2.77. The summed E-state index contributed by atoms with van der Waals surface area (Å²) < 4.78 is 5.67. The molecule has 1 amide bonds. The lowest BCUT2D eigenvalue weighted by molar-refractivity contribution is -0.123. The zero-order valence-corrected chi connectivity index (χ0v) is 18.1. The number of hydrazone groups is 1. The molecule has 2 rings (SSSR count). The van der Waals surface area contributed by atoms with Crippen LogP contribution in [0.4, 0.5) is 0 Å². The highest BCUT2D eigenvalue weighted by Crippen LogP contribution is 2.27. The summed E-state index contributed by atoms with van der Waals surface area (Å²) in [7, 11) is 0. The van der Waals surface area contributed by atoms with Crippen LogP contribution in [0.1, 0.15) is 69.7 Å². The van der Waals surface area contributed by atoms with Gasteiger partial charge in [0.2, 0.25) is 0 Å². The molecule has 4 nitrogen and oxygen atoms in total. The van der Waals surface area contributed by atoms with Crippen LogP contribution >= 0.6 is 0 Å². The first-order valence-corrected chi connectivity index (χ1v) is 9.75. The van der Waals surface area contributed by atoms with E-state index in [1.165, 1.54) is 11.1 Å². The minimum Gasteiger partial charge on any atom is -0.483 e. The number of benzene rings is 2. The summed E-state index contributed by atoms with van der Waals surface area (Å²) in [6, 6.07) is 14.3. The standard InChI is InChI=1S/C24H32N2O2/c1-16(2)19-8-10-20(11-9-19)18(4)25-26-23(27)15-28-22-13-12-21(14-17(22)3)24(5,6)7/h8-14,16H,15H2,1-7H3,(H,26,27)/b25-18+. The highest BCUT2D eigenvalue weighted by atomic mass is 16.5. The van der Waals surface area contributed by atoms with E-state index in [1.807, 2.05) is 38.1 Å². The highest BCUT2D eigenvalue weighted by Gasteiger charge is 2.15. The fourth-order valence-electron chi connectivity index (χ4n) is 2.77. The number of carbonyl (C=O) groups is 1. The molecule has 4 heteroatoms. The molecule has 0 spiro atoms. The molecule has 0 fully saturated rings. The van der Waals surface area contributed by atoms with Crippen molar-refractivity contribution in [2.24, 2.45) is 5.10 Å². The van der Waals surface area contributed by atoms with Crippen molar-refractivity contribution in [2.45, 2.75) is 59.8 Å². The Morgan fingerprint density at radius 2 is 1.75 bits per heavy atom. The van der Waals surface area contributed by atoms with E-state index in [4.69, 9.17) is 4.74 Å². The van der Waals surface area contributed by atoms with Crippen molar-refractivity contribution in [2.75, 3.05) is 6.61 Å². The van der Waals surface area contributed by atoms with E-state index in [1.54, 1.807) is 0 Å². The zero-order chi connectivity index (χ0) is 20.9. The van der Waals surface area contributed by atoms with E-state index in [-0.39, 0.29) is 17.9 Å². The molecule has 0 aliphatic carbocycles. The molecule has 2 aromatic carbocycles. The van der Waals surface area contributed by atoms with Crippen LogP contribution in [0.5, 0.6) is 5.75 Å². The molecule has 0 heterocycles. The minimum atomic E-state index is -0.280. The highest BCUT2D eigenvalue weighted by molar-refractivity contribution is 5.99. The lowest BCUT2D eigenvalue weighted by Crippen LogP contribution is -2.25. The monoisotopic (exact) mass is 380 g/mol. The van der Waals surface area contributed by atoms with Gasteiger partial charge in [0.25, 0.3) is 5.91 Å². The number of ether oxygens (including phenoxy) is 1. The van der Waals surface area contributed by atoms with E-state index < -0.39 is 0 Å². The van der Waals surface area contributed by atoms with Crippen molar-refractivity contribution in [1.29, 1.82) is 0 Å². The second-order valence-corrected chi connectivity index (χ2v) is 8.53. The van der Waals surface area contributed by atoms with Crippen LogP contribution in [0.15, 0.2) is 47.6 Å². The van der Waals surface area contributed by atoms with Gasteiger partial charge in [-0.15, -0.1) is 0 Å². The molecule has 0 atom stereocenters. The quantitative estimate of drug-likeness (QED) is 0.543. The van der Waals surface area contributed by atoms with Crippen molar-refractivity contribution < 1.29 is 9.53 Å². The maximum Gasteiger partial charge on any atom is 0.277 e.